The van der Waals surface area contributed by atoms with E-state index in [1.807, 2.05) is 36.4 Å². The molecule has 0 radical (unpaired) electrons. The number of aryl methyl sites for hydroxylation is 1. The number of hydrogen-bond acceptors (Lipinski definition) is 2. The topological polar surface area (TPSA) is 32.7 Å². The molecule has 1 aliphatic heterocycles. The maximum atomic E-state index is 11.9. The molecule has 1 heterocycles. The second-order valence-corrected chi connectivity index (χ2v) is 5.92. The van der Waals surface area contributed by atoms with Gasteiger partial charge in [-0.05, 0) is 24.1 Å². The van der Waals surface area contributed by atoms with E-state index in [0.717, 1.165) is 16.8 Å². The van der Waals surface area contributed by atoms with E-state index in [2.05, 4.69) is 24.2 Å². The minimum absolute atomic E-state index is 0.0768. The third-order valence-electron chi connectivity index (χ3n) is 3.88. The zero-order chi connectivity index (χ0) is 15.7. The molecule has 0 fully saturated rings. The monoisotopic (exact) mass is 312 g/mol. The molecule has 3 nitrogen and oxygen atoms in total. The largest absolute Gasteiger partial charge is 0.273 e. The molecule has 1 atom stereocenters. The third kappa shape index (κ3) is 2.77. The maximum absolute atomic E-state index is 11.9. The van der Waals surface area contributed by atoms with Crippen LogP contribution in [0.15, 0.2) is 53.6 Å². The Kier molecular flexibility index (Phi) is 3.99. The van der Waals surface area contributed by atoms with Gasteiger partial charge in [0.25, 0.3) is 0 Å². The molecule has 0 unspecified atom stereocenters. The molecule has 22 heavy (non-hydrogen) atoms. The number of carbonyl (C=O) groups excluding carboxylic acids is 1. The van der Waals surface area contributed by atoms with Gasteiger partial charge in [0.15, 0.2) is 0 Å². The van der Waals surface area contributed by atoms with Crippen LogP contribution in [0.4, 0.5) is 0 Å². The molecular formula is C18H17ClN2O. The summed E-state index contributed by atoms with van der Waals surface area (Å²) in [6.45, 7) is 3.58. The van der Waals surface area contributed by atoms with Gasteiger partial charge >= 0.3 is 0 Å². The molecule has 0 aromatic heterocycles. The molecule has 0 N–H and O–H groups in total. The van der Waals surface area contributed by atoms with Crippen LogP contribution in [0.2, 0.25) is 5.02 Å². The van der Waals surface area contributed by atoms with Crippen LogP contribution in [0.25, 0.3) is 0 Å². The highest BCUT2D eigenvalue weighted by molar-refractivity contribution is 6.31. The number of hydrazone groups is 1. The van der Waals surface area contributed by atoms with Crippen molar-refractivity contribution in [3.63, 3.8) is 0 Å². The van der Waals surface area contributed by atoms with Crippen molar-refractivity contribution in [2.75, 3.05) is 0 Å². The van der Waals surface area contributed by atoms with Crippen LogP contribution < -0.4 is 0 Å². The van der Waals surface area contributed by atoms with Gasteiger partial charge in [-0.15, -0.1) is 0 Å². The van der Waals surface area contributed by atoms with Gasteiger partial charge in [0.05, 0.1) is 11.8 Å². The van der Waals surface area contributed by atoms with Gasteiger partial charge in [0.2, 0.25) is 5.91 Å². The lowest BCUT2D eigenvalue weighted by Crippen LogP contribution is -2.24. The average Bonchev–Trinajstić information content (AvgIpc) is 2.93. The van der Waals surface area contributed by atoms with Gasteiger partial charge in [0.1, 0.15) is 0 Å². The number of carbonyl (C=O) groups is 1. The van der Waals surface area contributed by atoms with E-state index < -0.39 is 0 Å². The molecule has 0 bridgehead atoms. The molecule has 0 aliphatic carbocycles. The van der Waals surface area contributed by atoms with Crippen molar-refractivity contribution in [2.24, 2.45) is 5.10 Å². The van der Waals surface area contributed by atoms with Crippen molar-refractivity contribution >= 4 is 23.2 Å². The quantitative estimate of drug-likeness (QED) is 0.811. The van der Waals surface area contributed by atoms with Crippen molar-refractivity contribution in [3.05, 3.63) is 70.2 Å². The first-order chi connectivity index (χ1) is 10.6. The minimum atomic E-state index is -0.137. The summed E-state index contributed by atoms with van der Waals surface area (Å²) in [5.41, 5.74) is 4.10. The fraction of sp³-hybridized carbons (Fsp3) is 0.222. The third-order valence-corrected chi connectivity index (χ3v) is 4.23. The minimum Gasteiger partial charge on any atom is -0.273 e. The number of halogens is 1. The number of benzene rings is 2. The van der Waals surface area contributed by atoms with E-state index in [9.17, 15) is 4.79 Å². The highest BCUT2D eigenvalue weighted by Crippen LogP contribution is 2.36. The Balaban J connectivity index is 1.96. The predicted molar refractivity (Wildman–Crippen MR) is 89.0 cm³/mol. The summed E-state index contributed by atoms with van der Waals surface area (Å²) in [6.07, 6.45) is 0.673. The van der Waals surface area contributed by atoms with Crippen LogP contribution >= 0.6 is 11.6 Å². The Morgan fingerprint density at radius 2 is 1.86 bits per heavy atom. The maximum Gasteiger partial charge on any atom is 0.240 e. The van der Waals surface area contributed by atoms with Gasteiger partial charge in [-0.1, -0.05) is 59.6 Å². The fourth-order valence-corrected chi connectivity index (χ4v) is 2.97. The van der Waals surface area contributed by atoms with E-state index in [0.29, 0.717) is 11.4 Å². The Morgan fingerprint density at radius 1 is 1.18 bits per heavy atom. The van der Waals surface area contributed by atoms with Crippen LogP contribution in [-0.2, 0) is 4.79 Å². The summed E-state index contributed by atoms with van der Waals surface area (Å²) in [5.74, 6) is -0.0768. The Bertz CT molecular complexity index is 737. The highest BCUT2D eigenvalue weighted by atomic mass is 35.5. The number of nitrogens with zero attached hydrogens (tertiary/aromatic N) is 2. The van der Waals surface area contributed by atoms with Crippen LogP contribution in [0.5, 0.6) is 0 Å². The molecule has 2 aromatic carbocycles. The summed E-state index contributed by atoms with van der Waals surface area (Å²) in [6, 6.07) is 15.7. The average molecular weight is 313 g/mol. The van der Waals surface area contributed by atoms with Crippen molar-refractivity contribution in [1.82, 2.24) is 5.01 Å². The smallest absolute Gasteiger partial charge is 0.240 e. The summed E-state index contributed by atoms with van der Waals surface area (Å²) >= 11 is 6.30. The van der Waals surface area contributed by atoms with Crippen LogP contribution in [0, 0.1) is 6.92 Å². The van der Waals surface area contributed by atoms with Gasteiger partial charge in [-0.3, -0.25) is 4.79 Å². The van der Waals surface area contributed by atoms with Crippen molar-refractivity contribution < 1.29 is 4.79 Å². The standard InChI is InChI=1S/C18H17ClN2O/c1-12-7-9-14(10-8-12)17-11-18(21(20-17)13(2)22)15-5-3-4-6-16(15)19/h3-10,18H,11H2,1-2H3/t18-/m0/s1. The highest BCUT2D eigenvalue weighted by Gasteiger charge is 2.32. The van der Waals surface area contributed by atoms with E-state index in [4.69, 9.17) is 11.6 Å². The predicted octanol–water partition coefficient (Wildman–Crippen LogP) is 4.35. The second-order valence-electron chi connectivity index (χ2n) is 5.52. The zero-order valence-electron chi connectivity index (χ0n) is 12.6. The van der Waals surface area contributed by atoms with Gasteiger partial charge in [-0.2, -0.15) is 5.10 Å². The Labute approximate surface area is 135 Å². The van der Waals surface area contributed by atoms with E-state index in [1.54, 1.807) is 0 Å². The molecule has 0 saturated carbocycles. The Hall–Kier alpha value is -2.13. The molecule has 0 saturated heterocycles. The summed E-state index contributed by atoms with van der Waals surface area (Å²) < 4.78 is 0. The Morgan fingerprint density at radius 3 is 2.50 bits per heavy atom. The van der Waals surface area contributed by atoms with E-state index in [-0.39, 0.29) is 11.9 Å². The van der Waals surface area contributed by atoms with Gasteiger partial charge in [-0.25, -0.2) is 5.01 Å². The number of hydrogen-bond donors (Lipinski definition) is 0. The van der Waals surface area contributed by atoms with Crippen molar-refractivity contribution in [2.45, 2.75) is 26.3 Å². The molecule has 112 valence electrons. The molecule has 0 spiro atoms. The molecule has 4 heteroatoms. The van der Waals surface area contributed by atoms with Gasteiger partial charge in [0, 0.05) is 18.4 Å². The van der Waals surface area contributed by atoms with E-state index >= 15 is 0 Å². The van der Waals surface area contributed by atoms with E-state index in [1.165, 1.54) is 17.5 Å². The first-order valence-electron chi connectivity index (χ1n) is 7.25. The lowest BCUT2D eigenvalue weighted by atomic mass is 9.98. The number of rotatable bonds is 2. The zero-order valence-corrected chi connectivity index (χ0v) is 13.3. The molecule has 1 amide bonds. The van der Waals surface area contributed by atoms with Crippen molar-refractivity contribution in [1.29, 1.82) is 0 Å². The van der Waals surface area contributed by atoms with Crippen LogP contribution in [-0.4, -0.2) is 16.6 Å². The molecule has 1 aliphatic rings. The SMILES string of the molecule is CC(=O)N1N=C(c2ccc(C)cc2)C[C@H]1c1ccccc1Cl. The summed E-state index contributed by atoms with van der Waals surface area (Å²) in [5, 5.41) is 6.73. The molecule has 2 aromatic rings. The van der Waals surface area contributed by atoms with Crippen LogP contribution in [0.1, 0.15) is 36.1 Å². The fourth-order valence-electron chi connectivity index (χ4n) is 2.71. The molecule has 3 rings (SSSR count). The second kappa shape index (κ2) is 5.93. The summed E-state index contributed by atoms with van der Waals surface area (Å²) in [7, 11) is 0. The first-order valence-corrected chi connectivity index (χ1v) is 7.63. The van der Waals surface area contributed by atoms with Crippen molar-refractivity contribution in [3.8, 4) is 0 Å². The van der Waals surface area contributed by atoms with Gasteiger partial charge < -0.3 is 0 Å². The first kappa shape index (κ1) is 14.8. The lowest BCUT2D eigenvalue weighted by molar-refractivity contribution is -0.130. The van der Waals surface area contributed by atoms with Crippen LogP contribution in [0.3, 0.4) is 0 Å². The summed E-state index contributed by atoms with van der Waals surface area (Å²) in [4.78, 5) is 11.9. The normalized spacial score (nSPS) is 17.5. The molecular weight excluding hydrogens is 296 g/mol. The lowest BCUT2D eigenvalue weighted by Gasteiger charge is -2.21. The number of amides is 1.